The van der Waals surface area contributed by atoms with Crippen LogP contribution in [0.1, 0.15) is 11.7 Å². The number of alkyl halides is 3. The topological polar surface area (TPSA) is 96.2 Å². The number of aliphatic hydroxyl groups excluding tert-OH is 2. The highest BCUT2D eigenvalue weighted by Gasteiger charge is 2.33. The minimum absolute atomic E-state index is 0.510. The number of halogens is 3. The van der Waals surface area contributed by atoms with E-state index in [9.17, 15) is 33.3 Å². The fourth-order valence-corrected chi connectivity index (χ4v) is 1.39. The summed E-state index contributed by atoms with van der Waals surface area (Å²) in [4.78, 5) is 11.0. The van der Waals surface area contributed by atoms with Gasteiger partial charge in [0.1, 0.15) is 17.6 Å². The van der Waals surface area contributed by atoms with Crippen LogP contribution in [0.2, 0.25) is 0 Å². The number of carbonyl (C=O) groups is 1. The Kier molecular flexibility index (Phi) is 4.79. The maximum absolute atomic E-state index is 12.0. The lowest BCUT2D eigenvalue weighted by atomic mass is 10.0. The summed E-state index contributed by atoms with van der Waals surface area (Å²) >= 11 is 0. The third kappa shape index (κ3) is 4.00. The number of rotatable bonds is 4. The summed E-state index contributed by atoms with van der Waals surface area (Å²) in [6.45, 7) is 0. The molecular formula is C11H11F3O6. The number of phenols is 1. The number of aromatic hydroxyl groups is 1. The Morgan fingerprint density at radius 3 is 2.40 bits per heavy atom. The van der Waals surface area contributed by atoms with Crippen LogP contribution >= 0.6 is 0 Å². The maximum atomic E-state index is 12.0. The number of benzene rings is 1. The molecule has 0 aliphatic heterocycles. The number of esters is 1. The van der Waals surface area contributed by atoms with E-state index in [0.717, 1.165) is 19.2 Å². The van der Waals surface area contributed by atoms with E-state index in [2.05, 4.69) is 9.47 Å². The van der Waals surface area contributed by atoms with Crippen LogP contribution in [0.25, 0.3) is 0 Å². The maximum Gasteiger partial charge on any atom is 0.573 e. The Morgan fingerprint density at radius 1 is 1.30 bits per heavy atom. The van der Waals surface area contributed by atoms with Crippen molar-refractivity contribution < 1.29 is 42.8 Å². The summed E-state index contributed by atoms with van der Waals surface area (Å²) in [7, 11) is 0.946. The second-order valence-electron chi connectivity index (χ2n) is 3.68. The zero-order valence-electron chi connectivity index (χ0n) is 10.1. The van der Waals surface area contributed by atoms with Crippen LogP contribution < -0.4 is 4.74 Å². The molecule has 0 aliphatic rings. The van der Waals surface area contributed by atoms with Gasteiger partial charge in [-0.15, -0.1) is 13.2 Å². The van der Waals surface area contributed by atoms with Crippen LogP contribution in [0.4, 0.5) is 13.2 Å². The smallest absolute Gasteiger partial charge is 0.508 e. The van der Waals surface area contributed by atoms with Crippen LogP contribution in [-0.4, -0.2) is 40.9 Å². The monoisotopic (exact) mass is 296 g/mol. The molecule has 20 heavy (non-hydrogen) atoms. The van der Waals surface area contributed by atoms with Gasteiger partial charge in [0, 0.05) is 5.56 Å². The predicted molar refractivity (Wildman–Crippen MR) is 57.8 cm³/mol. The molecule has 1 rings (SSSR count). The molecule has 0 aliphatic carbocycles. The Hall–Kier alpha value is -2.00. The molecule has 1 aromatic carbocycles. The van der Waals surface area contributed by atoms with E-state index >= 15 is 0 Å². The Balaban J connectivity index is 3.05. The summed E-state index contributed by atoms with van der Waals surface area (Å²) in [5, 5.41) is 28.5. The molecule has 0 amide bonds. The highest BCUT2D eigenvalue weighted by molar-refractivity contribution is 5.75. The fourth-order valence-electron chi connectivity index (χ4n) is 1.39. The lowest BCUT2D eigenvalue weighted by Gasteiger charge is -2.18. The van der Waals surface area contributed by atoms with Gasteiger partial charge in [-0.25, -0.2) is 4.79 Å². The van der Waals surface area contributed by atoms with Crippen LogP contribution in [0, 0.1) is 0 Å². The molecular weight excluding hydrogens is 285 g/mol. The molecule has 1 aromatic rings. The molecule has 9 heteroatoms. The van der Waals surface area contributed by atoms with Crippen molar-refractivity contribution in [2.45, 2.75) is 18.6 Å². The van der Waals surface area contributed by atoms with Gasteiger partial charge in [-0.05, 0) is 18.2 Å². The number of aliphatic hydroxyl groups is 2. The van der Waals surface area contributed by atoms with Crippen molar-refractivity contribution in [2.24, 2.45) is 0 Å². The van der Waals surface area contributed by atoms with Crippen molar-refractivity contribution in [1.82, 2.24) is 0 Å². The second-order valence-corrected chi connectivity index (χ2v) is 3.68. The zero-order chi connectivity index (χ0) is 15.5. The van der Waals surface area contributed by atoms with E-state index in [1.165, 1.54) is 0 Å². The molecule has 0 radical (unpaired) electrons. The van der Waals surface area contributed by atoms with Crippen LogP contribution in [-0.2, 0) is 9.53 Å². The van der Waals surface area contributed by atoms with Gasteiger partial charge in [0.15, 0.2) is 6.10 Å². The minimum atomic E-state index is -4.96. The SMILES string of the molecule is COC(=O)C(O)C(O)c1cc(OC(F)(F)F)ccc1O. The van der Waals surface area contributed by atoms with Gasteiger partial charge < -0.3 is 24.8 Å². The van der Waals surface area contributed by atoms with E-state index in [1.807, 2.05) is 0 Å². The molecule has 0 heterocycles. The molecule has 0 saturated carbocycles. The van der Waals surface area contributed by atoms with Crippen LogP contribution in [0.15, 0.2) is 18.2 Å². The molecule has 112 valence electrons. The largest absolute Gasteiger partial charge is 0.573 e. The highest BCUT2D eigenvalue weighted by Crippen LogP contribution is 2.32. The van der Waals surface area contributed by atoms with E-state index in [0.29, 0.717) is 6.07 Å². The normalized spacial score (nSPS) is 14.5. The van der Waals surface area contributed by atoms with Crippen molar-refractivity contribution >= 4 is 5.97 Å². The lowest BCUT2D eigenvalue weighted by Crippen LogP contribution is -2.29. The first-order valence-electron chi connectivity index (χ1n) is 5.18. The molecule has 0 spiro atoms. The number of ether oxygens (including phenoxy) is 2. The van der Waals surface area contributed by atoms with Crippen molar-refractivity contribution in [1.29, 1.82) is 0 Å². The number of hydrogen-bond acceptors (Lipinski definition) is 6. The summed E-state index contributed by atoms with van der Waals surface area (Å²) in [6.07, 6.45) is -8.99. The van der Waals surface area contributed by atoms with Crippen molar-refractivity contribution in [3.63, 3.8) is 0 Å². The zero-order valence-corrected chi connectivity index (χ0v) is 10.1. The third-order valence-electron chi connectivity index (χ3n) is 2.29. The number of phenolic OH excluding ortho intramolecular Hbond substituents is 1. The summed E-state index contributed by atoms with van der Waals surface area (Å²) < 4.78 is 43.9. The first-order chi connectivity index (χ1) is 9.15. The Bertz CT molecular complexity index is 488. The van der Waals surface area contributed by atoms with Crippen LogP contribution in [0.3, 0.4) is 0 Å². The second kappa shape index (κ2) is 5.97. The summed E-state index contributed by atoms with van der Waals surface area (Å²) in [5.41, 5.74) is -0.510. The standard InChI is InChI=1S/C11H11F3O6/c1-19-10(18)9(17)8(16)6-4-5(2-3-7(6)15)20-11(12,13)14/h2-4,8-9,15-17H,1H3. The van der Waals surface area contributed by atoms with Gasteiger partial charge in [0.25, 0.3) is 0 Å². The molecule has 0 fully saturated rings. The van der Waals surface area contributed by atoms with Gasteiger partial charge in [-0.2, -0.15) is 0 Å². The van der Waals surface area contributed by atoms with E-state index < -0.39 is 41.6 Å². The van der Waals surface area contributed by atoms with Gasteiger partial charge in [-0.1, -0.05) is 0 Å². The minimum Gasteiger partial charge on any atom is -0.508 e. The van der Waals surface area contributed by atoms with E-state index in [4.69, 9.17) is 0 Å². The molecule has 0 aromatic heterocycles. The lowest BCUT2D eigenvalue weighted by molar-refractivity contribution is -0.274. The quantitative estimate of drug-likeness (QED) is 0.713. The van der Waals surface area contributed by atoms with E-state index in [-0.39, 0.29) is 0 Å². The van der Waals surface area contributed by atoms with Gasteiger partial charge in [-0.3, -0.25) is 0 Å². The summed E-state index contributed by atoms with van der Waals surface area (Å²) in [6, 6.07) is 2.28. The molecule has 6 nitrogen and oxygen atoms in total. The first-order valence-corrected chi connectivity index (χ1v) is 5.18. The Labute approximate surface area is 111 Å². The van der Waals surface area contributed by atoms with Gasteiger partial charge in [0.05, 0.1) is 7.11 Å². The molecule has 0 bridgehead atoms. The van der Waals surface area contributed by atoms with Crippen LogP contribution in [0.5, 0.6) is 11.5 Å². The van der Waals surface area contributed by atoms with Crippen molar-refractivity contribution in [3.05, 3.63) is 23.8 Å². The molecule has 0 saturated heterocycles. The Morgan fingerprint density at radius 2 is 1.90 bits per heavy atom. The van der Waals surface area contributed by atoms with E-state index in [1.54, 1.807) is 0 Å². The predicted octanol–water partition coefficient (Wildman–Crippen LogP) is 0.858. The molecule has 3 N–H and O–H groups in total. The van der Waals surface area contributed by atoms with Crippen molar-refractivity contribution in [3.8, 4) is 11.5 Å². The molecule has 2 atom stereocenters. The summed E-state index contributed by atoms with van der Waals surface area (Å²) in [5.74, 6) is -2.55. The van der Waals surface area contributed by atoms with Crippen molar-refractivity contribution in [2.75, 3.05) is 7.11 Å². The average molecular weight is 296 g/mol. The number of methoxy groups -OCH3 is 1. The third-order valence-corrected chi connectivity index (χ3v) is 2.29. The number of carbonyl (C=O) groups excluding carboxylic acids is 1. The first kappa shape index (κ1) is 16.1. The fraction of sp³-hybridized carbons (Fsp3) is 0.364. The molecule has 2 unspecified atom stereocenters. The van der Waals surface area contributed by atoms with Gasteiger partial charge in [0.2, 0.25) is 0 Å². The van der Waals surface area contributed by atoms with Gasteiger partial charge >= 0.3 is 12.3 Å². The average Bonchev–Trinajstić information content (AvgIpc) is 2.36. The highest BCUT2D eigenvalue weighted by atomic mass is 19.4. The number of hydrogen-bond donors (Lipinski definition) is 3.